The Kier molecular flexibility index (Phi) is 5.69. The quantitative estimate of drug-likeness (QED) is 0.758. The molecule has 4 nitrogen and oxygen atoms in total. The Balaban J connectivity index is 2.46. The minimum absolute atomic E-state index is 0.0633. The number of benzene rings is 1. The maximum Gasteiger partial charge on any atom is 0.229 e. The lowest BCUT2D eigenvalue weighted by Crippen LogP contribution is -2.24. The molecule has 0 saturated carbocycles. The smallest absolute Gasteiger partial charge is 0.229 e. The van der Waals surface area contributed by atoms with Crippen LogP contribution < -0.4 is 15.8 Å². The Morgan fingerprint density at radius 3 is 2.88 bits per heavy atom. The molecule has 1 aromatic carbocycles. The Morgan fingerprint density at radius 1 is 1.47 bits per heavy atom. The number of hydrogen-bond donors (Lipinski definition) is 2. The van der Waals surface area contributed by atoms with Gasteiger partial charge in [-0.25, -0.2) is 0 Å². The van der Waals surface area contributed by atoms with Crippen LogP contribution in [0.1, 0.15) is 12.5 Å². The highest BCUT2D eigenvalue weighted by Crippen LogP contribution is 2.21. The van der Waals surface area contributed by atoms with Crippen LogP contribution in [0.15, 0.2) is 18.2 Å². The number of methoxy groups -OCH3 is 1. The van der Waals surface area contributed by atoms with Crippen molar-refractivity contribution in [2.45, 2.75) is 12.7 Å². The molecule has 0 saturated heterocycles. The summed E-state index contributed by atoms with van der Waals surface area (Å²) in [4.78, 5) is 11.2. The van der Waals surface area contributed by atoms with Gasteiger partial charge in [-0.3, -0.25) is 4.79 Å². The van der Waals surface area contributed by atoms with Crippen molar-refractivity contribution < 1.29 is 9.53 Å². The van der Waals surface area contributed by atoms with E-state index in [1.165, 1.54) is 0 Å². The van der Waals surface area contributed by atoms with Crippen molar-refractivity contribution in [1.29, 1.82) is 0 Å². The normalized spacial score (nSPS) is 10.0. The molecular weight excluding hydrogens is 236 g/mol. The standard InChI is InChI=1S/C12H18N2O2S/c1-3-14-12(15)8-17-7-9-4-10(13)6-11(5-9)16-2/h4-6H,3,7-8,13H2,1-2H3,(H,14,15). The third kappa shape index (κ3) is 4.99. The van der Waals surface area contributed by atoms with Crippen LogP contribution in [0.2, 0.25) is 0 Å². The molecule has 0 radical (unpaired) electrons. The number of thioether (sulfide) groups is 1. The van der Waals surface area contributed by atoms with Crippen LogP contribution in [0.4, 0.5) is 5.69 Å². The molecule has 94 valence electrons. The Labute approximate surface area is 106 Å². The number of nitrogen functional groups attached to an aromatic ring is 1. The first-order chi connectivity index (χ1) is 8.15. The number of nitrogens with one attached hydrogen (secondary N) is 1. The summed E-state index contributed by atoms with van der Waals surface area (Å²) in [6, 6.07) is 5.60. The molecule has 0 fully saturated rings. The Bertz CT molecular complexity index is 383. The summed E-state index contributed by atoms with van der Waals surface area (Å²) >= 11 is 1.56. The average Bonchev–Trinajstić information content (AvgIpc) is 2.28. The van der Waals surface area contributed by atoms with Gasteiger partial charge in [0.25, 0.3) is 0 Å². The molecule has 3 N–H and O–H groups in total. The van der Waals surface area contributed by atoms with Crippen LogP contribution in [-0.4, -0.2) is 25.3 Å². The molecule has 5 heteroatoms. The SMILES string of the molecule is CCNC(=O)CSCc1cc(N)cc(OC)c1. The second kappa shape index (κ2) is 7.06. The van der Waals surface area contributed by atoms with Gasteiger partial charge >= 0.3 is 0 Å². The third-order valence-electron chi connectivity index (χ3n) is 2.10. The summed E-state index contributed by atoms with van der Waals surface area (Å²) < 4.78 is 5.13. The molecule has 0 heterocycles. The maximum absolute atomic E-state index is 11.2. The zero-order chi connectivity index (χ0) is 12.7. The summed E-state index contributed by atoms with van der Waals surface area (Å²) in [6.45, 7) is 2.58. The first-order valence-corrected chi connectivity index (χ1v) is 6.59. The van der Waals surface area contributed by atoms with Crippen LogP contribution >= 0.6 is 11.8 Å². The molecule has 0 aliphatic rings. The molecular formula is C12H18N2O2S. The predicted molar refractivity (Wildman–Crippen MR) is 72.3 cm³/mol. The fraction of sp³-hybridized carbons (Fsp3) is 0.417. The van der Waals surface area contributed by atoms with E-state index in [0.717, 1.165) is 17.1 Å². The van der Waals surface area contributed by atoms with Gasteiger partial charge in [0.2, 0.25) is 5.91 Å². The van der Waals surface area contributed by atoms with Gasteiger partial charge in [-0.2, -0.15) is 0 Å². The van der Waals surface area contributed by atoms with Gasteiger partial charge < -0.3 is 15.8 Å². The van der Waals surface area contributed by atoms with Gasteiger partial charge in [0.05, 0.1) is 12.9 Å². The van der Waals surface area contributed by atoms with Crippen molar-refractivity contribution in [3.8, 4) is 5.75 Å². The van der Waals surface area contributed by atoms with E-state index >= 15 is 0 Å². The number of carbonyl (C=O) groups excluding carboxylic acids is 1. The van der Waals surface area contributed by atoms with E-state index in [1.807, 2.05) is 19.1 Å². The fourth-order valence-electron chi connectivity index (χ4n) is 1.40. The van der Waals surface area contributed by atoms with E-state index in [-0.39, 0.29) is 5.91 Å². The minimum Gasteiger partial charge on any atom is -0.497 e. The number of ether oxygens (including phenoxy) is 1. The fourth-order valence-corrected chi connectivity index (χ4v) is 2.19. The predicted octanol–water partition coefficient (Wildman–Crippen LogP) is 1.65. The van der Waals surface area contributed by atoms with Crippen molar-refractivity contribution in [1.82, 2.24) is 5.32 Å². The van der Waals surface area contributed by atoms with E-state index in [4.69, 9.17) is 10.5 Å². The molecule has 17 heavy (non-hydrogen) atoms. The van der Waals surface area contributed by atoms with Crippen molar-refractivity contribution in [2.75, 3.05) is 25.1 Å². The van der Waals surface area contributed by atoms with E-state index in [2.05, 4.69) is 5.32 Å². The zero-order valence-corrected chi connectivity index (χ0v) is 11.0. The lowest BCUT2D eigenvalue weighted by molar-refractivity contribution is -0.118. The second-order valence-electron chi connectivity index (χ2n) is 3.56. The average molecular weight is 254 g/mol. The summed E-state index contributed by atoms with van der Waals surface area (Å²) in [6.07, 6.45) is 0. The monoisotopic (exact) mass is 254 g/mol. The van der Waals surface area contributed by atoms with Crippen molar-refractivity contribution >= 4 is 23.4 Å². The van der Waals surface area contributed by atoms with Crippen molar-refractivity contribution in [2.24, 2.45) is 0 Å². The van der Waals surface area contributed by atoms with E-state index in [0.29, 0.717) is 18.0 Å². The molecule has 0 aromatic heterocycles. The highest BCUT2D eigenvalue weighted by Gasteiger charge is 2.02. The van der Waals surface area contributed by atoms with Crippen LogP contribution in [0.25, 0.3) is 0 Å². The Hall–Kier alpha value is -1.36. The van der Waals surface area contributed by atoms with Crippen LogP contribution in [-0.2, 0) is 10.5 Å². The van der Waals surface area contributed by atoms with Gasteiger partial charge in [-0.05, 0) is 24.6 Å². The van der Waals surface area contributed by atoms with Gasteiger partial charge in [0, 0.05) is 24.1 Å². The molecule has 0 bridgehead atoms. The van der Waals surface area contributed by atoms with Crippen LogP contribution in [0.5, 0.6) is 5.75 Å². The second-order valence-corrected chi connectivity index (χ2v) is 4.55. The number of anilines is 1. The van der Waals surface area contributed by atoms with Gasteiger partial charge in [0.15, 0.2) is 0 Å². The highest BCUT2D eigenvalue weighted by atomic mass is 32.2. The number of amides is 1. The highest BCUT2D eigenvalue weighted by molar-refractivity contribution is 7.99. The molecule has 0 unspecified atom stereocenters. The molecule has 1 amide bonds. The first-order valence-electron chi connectivity index (χ1n) is 5.43. The zero-order valence-electron chi connectivity index (χ0n) is 10.2. The van der Waals surface area contributed by atoms with Gasteiger partial charge in [-0.1, -0.05) is 0 Å². The van der Waals surface area contributed by atoms with Crippen LogP contribution in [0, 0.1) is 0 Å². The number of rotatable bonds is 6. The van der Waals surface area contributed by atoms with Crippen LogP contribution in [0.3, 0.4) is 0 Å². The van der Waals surface area contributed by atoms with Gasteiger partial charge in [-0.15, -0.1) is 11.8 Å². The lowest BCUT2D eigenvalue weighted by Gasteiger charge is -2.06. The van der Waals surface area contributed by atoms with Crippen molar-refractivity contribution in [3.63, 3.8) is 0 Å². The van der Waals surface area contributed by atoms with Gasteiger partial charge in [0.1, 0.15) is 5.75 Å². The topological polar surface area (TPSA) is 64.4 Å². The number of nitrogens with two attached hydrogens (primary N) is 1. The summed E-state index contributed by atoms with van der Waals surface area (Å²) in [5.41, 5.74) is 7.49. The third-order valence-corrected chi connectivity index (χ3v) is 3.10. The summed E-state index contributed by atoms with van der Waals surface area (Å²) in [5.74, 6) is 2.02. The Morgan fingerprint density at radius 2 is 2.24 bits per heavy atom. The maximum atomic E-state index is 11.2. The van der Waals surface area contributed by atoms with E-state index < -0.39 is 0 Å². The molecule has 0 aliphatic heterocycles. The van der Waals surface area contributed by atoms with Crippen molar-refractivity contribution in [3.05, 3.63) is 23.8 Å². The molecule has 1 rings (SSSR count). The summed E-state index contributed by atoms with van der Waals surface area (Å²) in [5, 5.41) is 2.76. The number of hydrogen-bond acceptors (Lipinski definition) is 4. The molecule has 0 aliphatic carbocycles. The molecule has 0 atom stereocenters. The lowest BCUT2D eigenvalue weighted by atomic mass is 10.2. The molecule has 1 aromatic rings. The number of carbonyl (C=O) groups is 1. The molecule has 0 spiro atoms. The summed E-state index contributed by atoms with van der Waals surface area (Å²) in [7, 11) is 1.61. The first kappa shape index (κ1) is 13.7. The van der Waals surface area contributed by atoms with E-state index in [1.54, 1.807) is 24.9 Å². The largest absolute Gasteiger partial charge is 0.497 e. The minimum atomic E-state index is 0.0633. The van der Waals surface area contributed by atoms with E-state index in [9.17, 15) is 4.79 Å².